The van der Waals surface area contributed by atoms with E-state index >= 15 is 0 Å². The number of benzene rings is 2. The van der Waals surface area contributed by atoms with Crippen LogP contribution in [0, 0.1) is 11.6 Å². The number of carbonyl (C=O) groups is 2. The third-order valence-electron chi connectivity index (χ3n) is 4.06. The highest BCUT2D eigenvalue weighted by molar-refractivity contribution is 6.23. The predicted octanol–water partition coefficient (Wildman–Crippen LogP) is 3.84. The molecule has 3 rings (SSSR count). The molecule has 0 atom stereocenters. The van der Waals surface area contributed by atoms with Crippen molar-refractivity contribution in [3.8, 4) is 0 Å². The molecule has 132 valence electrons. The van der Waals surface area contributed by atoms with Gasteiger partial charge in [-0.15, -0.1) is 0 Å². The first kappa shape index (κ1) is 17.5. The number of rotatable bonds is 3. The molecule has 26 heavy (non-hydrogen) atoms. The van der Waals surface area contributed by atoms with Crippen LogP contribution < -0.4 is 4.90 Å². The maximum Gasteiger partial charge on any atom is 0.340 e. The smallest absolute Gasteiger partial charge is 0.340 e. The zero-order valence-electron chi connectivity index (χ0n) is 14.1. The van der Waals surface area contributed by atoms with Crippen LogP contribution in [-0.4, -0.2) is 19.0 Å². The molecule has 1 aliphatic rings. The number of allylic oxidation sites excluding steroid dienone is 1. The Morgan fingerprint density at radius 1 is 1.00 bits per heavy atom. The Morgan fingerprint density at radius 3 is 2.08 bits per heavy atom. The van der Waals surface area contributed by atoms with Gasteiger partial charge in [0.05, 0.1) is 18.3 Å². The lowest BCUT2D eigenvalue weighted by Gasteiger charge is -2.17. The van der Waals surface area contributed by atoms with Gasteiger partial charge in [-0.3, -0.25) is 9.69 Å². The van der Waals surface area contributed by atoms with Crippen LogP contribution in [0.25, 0.3) is 6.08 Å². The Labute approximate surface area is 149 Å². The van der Waals surface area contributed by atoms with E-state index in [2.05, 4.69) is 0 Å². The normalized spacial score (nSPS) is 15.8. The first-order valence-corrected chi connectivity index (χ1v) is 7.79. The van der Waals surface area contributed by atoms with Crippen LogP contribution >= 0.6 is 0 Å². The van der Waals surface area contributed by atoms with E-state index in [1.165, 1.54) is 66.6 Å². The highest BCUT2D eigenvalue weighted by atomic mass is 19.1. The SMILES string of the molecule is COC(=O)C1=C(C)N(c2ccc(F)cc2)C(=O)C1=Cc1ccc(F)cc1. The van der Waals surface area contributed by atoms with Gasteiger partial charge in [0.15, 0.2) is 0 Å². The van der Waals surface area contributed by atoms with E-state index in [1.54, 1.807) is 6.92 Å². The summed E-state index contributed by atoms with van der Waals surface area (Å²) < 4.78 is 31.1. The van der Waals surface area contributed by atoms with E-state index in [4.69, 9.17) is 4.74 Å². The van der Waals surface area contributed by atoms with Gasteiger partial charge in [0.2, 0.25) is 0 Å². The Hall–Kier alpha value is -3.28. The number of methoxy groups -OCH3 is 1. The van der Waals surface area contributed by atoms with Crippen LogP contribution in [0.15, 0.2) is 65.4 Å². The van der Waals surface area contributed by atoms with Gasteiger partial charge in [0, 0.05) is 11.4 Å². The second-order valence-corrected chi connectivity index (χ2v) is 5.68. The molecule has 0 saturated heterocycles. The van der Waals surface area contributed by atoms with Crippen molar-refractivity contribution in [2.45, 2.75) is 6.92 Å². The first-order valence-electron chi connectivity index (χ1n) is 7.79. The summed E-state index contributed by atoms with van der Waals surface area (Å²) in [5, 5.41) is 0. The van der Waals surface area contributed by atoms with Gasteiger partial charge in [-0.05, 0) is 55.0 Å². The van der Waals surface area contributed by atoms with Crippen molar-refractivity contribution >= 4 is 23.6 Å². The molecule has 4 nitrogen and oxygen atoms in total. The minimum Gasteiger partial charge on any atom is -0.465 e. The number of amides is 1. The molecule has 2 aromatic carbocycles. The van der Waals surface area contributed by atoms with Crippen LogP contribution in [0.5, 0.6) is 0 Å². The van der Waals surface area contributed by atoms with E-state index in [9.17, 15) is 18.4 Å². The van der Waals surface area contributed by atoms with Gasteiger partial charge in [-0.1, -0.05) is 12.1 Å². The molecule has 0 aliphatic carbocycles. The Balaban J connectivity index is 2.12. The molecule has 6 heteroatoms. The molecule has 0 N–H and O–H groups in total. The molecule has 0 fully saturated rings. The zero-order valence-corrected chi connectivity index (χ0v) is 14.1. The summed E-state index contributed by atoms with van der Waals surface area (Å²) in [6, 6.07) is 10.9. The molecule has 1 heterocycles. The van der Waals surface area contributed by atoms with Gasteiger partial charge in [0.1, 0.15) is 11.6 Å². The number of halogens is 2. The summed E-state index contributed by atoms with van der Waals surface area (Å²) in [5.41, 5.74) is 1.61. The first-order chi connectivity index (χ1) is 12.4. The standard InChI is InChI=1S/C20H15F2NO3/c1-12-18(20(25)26-2)17(11-13-3-5-14(21)6-4-13)19(24)23(12)16-9-7-15(22)8-10-16/h3-11H,1-2H3. The molecule has 0 aromatic heterocycles. The minimum atomic E-state index is -0.658. The number of hydrogen-bond acceptors (Lipinski definition) is 3. The number of ether oxygens (including phenoxy) is 1. The van der Waals surface area contributed by atoms with E-state index in [0.717, 1.165) is 0 Å². The molecule has 0 radical (unpaired) electrons. The number of hydrogen-bond donors (Lipinski definition) is 0. The fraction of sp³-hybridized carbons (Fsp3) is 0.100. The Kier molecular flexibility index (Phi) is 4.67. The van der Waals surface area contributed by atoms with Crippen molar-refractivity contribution in [3.05, 3.63) is 82.6 Å². The van der Waals surface area contributed by atoms with Gasteiger partial charge >= 0.3 is 5.97 Å². The summed E-state index contributed by atoms with van der Waals surface area (Å²) in [6.45, 7) is 1.61. The number of esters is 1. The maximum absolute atomic E-state index is 13.2. The molecule has 0 spiro atoms. The number of carbonyl (C=O) groups excluding carboxylic acids is 2. The van der Waals surface area contributed by atoms with Gasteiger partial charge < -0.3 is 4.74 Å². The van der Waals surface area contributed by atoms with Crippen LogP contribution in [0.1, 0.15) is 12.5 Å². The lowest BCUT2D eigenvalue weighted by molar-refractivity contribution is -0.136. The van der Waals surface area contributed by atoms with E-state index in [1.807, 2.05) is 0 Å². The number of nitrogens with zero attached hydrogens (tertiary/aromatic N) is 1. The quantitative estimate of drug-likeness (QED) is 0.621. The molecule has 0 saturated carbocycles. The summed E-state index contributed by atoms with van der Waals surface area (Å²) in [6.07, 6.45) is 1.50. The highest BCUT2D eigenvalue weighted by Gasteiger charge is 2.37. The van der Waals surface area contributed by atoms with Crippen LogP contribution in [0.3, 0.4) is 0 Å². The average molecular weight is 355 g/mol. The summed E-state index contributed by atoms with van der Waals surface area (Å²) in [5.74, 6) is -1.94. The van der Waals surface area contributed by atoms with Gasteiger partial charge in [0.25, 0.3) is 5.91 Å². The fourth-order valence-electron chi connectivity index (χ4n) is 2.81. The van der Waals surface area contributed by atoms with E-state index in [0.29, 0.717) is 16.9 Å². The van der Waals surface area contributed by atoms with Crippen LogP contribution in [0.4, 0.5) is 14.5 Å². The van der Waals surface area contributed by atoms with Gasteiger partial charge in [-0.25, -0.2) is 13.6 Å². The Bertz CT molecular complexity index is 929. The van der Waals surface area contributed by atoms with Crippen molar-refractivity contribution < 1.29 is 23.1 Å². The second kappa shape index (κ2) is 6.92. The fourth-order valence-corrected chi connectivity index (χ4v) is 2.81. The predicted molar refractivity (Wildman–Crippen MR) is 93.0 cm³/mol. The van der Waals surface area contributed by atoms with Crippen molar-refractivity contribution in [2.75, 3.05) is 12.0 Å². The van der Waals surface area contributed by atoms with Gasteiger partial charge in [-0.2, -0.15) is 0 Å². The Morgan fingerprint density at radius 2 is 1.54 bits per heavy atom. The largest absolute Gasteiger partial charge is 0.465 e. The summed E-state index contributed by atoms with van der Waals surface area (Å²) in [4.78, 5) is 26.5. The average Bonchev–Trinajstić information content (AvgIpc) is 2.87. The second-order valence-electron chi connectivity index (χ2n) is 5.68. The molecule has 2 aromatic rings. The zero-order chi connectivity index (χ0) is 18.8. The third kappa shape index (κ3) is 3.13. The van der Waals surface area contributed by atoms with Crippen molar-refractivity contribution in [3.63, 3.8) is 0 Å². The summed E-state index contributed by atoms with van der Waals surface area (Å²) in [7, 11) is 1.23. The lowest BCUT2D eigenvalue weighted by Crippen LogP contribution is -2.24. The van der Waals surface area contributed by atoms with E-state index < -0.39 is 23.5 Å². The molecule has 0 bridgehead atoms. The molecular formula is C20H15F2NO3. The van der Waals surface area contributed by atoms with Crippen molar-refractivity contribution in [1.82, 2.24) is 0 Å². The lowest BCUT2D eigenvalue weighted by atomic mass is 10.0. The molecule has 1 aliphatic heterocycles. The molecular weight excluding hydrogens is 340 g/mol. The monoisotopic (exact) mass is 355 g/mol. The van der Waals surface area contributed by atoms with Crippen LogP contribution in [0.2, 0.25) is 0 Å². The van der Waals surface area contributed by atoms with Crippen molar-refractivity contribution in [1.29, 1.82) is 0 Å². The number of anilines is 1. The topological polar surface area (TPSA) is 46.6 Å². The third-order valence-corrected chi connectivity index (χ3v) is 4.06. The van der Waals surface area contributed by atoms with Crippen molar-refractivity contribution in [2.24, 2.45) is 0 Å². The van der Waals surface area contributed by atoms with E-state index in [-0.39, 0.29) is 11.1 Å². The highest BCUT2D eigenvalue weighted by Crippen LogP contribution is 2.35. The summed E-state index contributed by atoms with van der Waals surface area (Å²) >= 11 is 0. The maximum atomic E-state index is 13.2. The molecule has 1 amide bonds. The minimum absolute atomic E-state index is 0.117. The molecule has 0 unspecified atom stereocenters. The van der Waals surface area contributed by atoms with Crippen LogP contribution in [-0.2, 0) is 14.3 Å².